The summed E-state index contributed by atoms with van der Waals surface area (Å²) >= 11 is 1.44. The summed E-state index contributed by atoms with van der Waals surface area (Å²) in [6.07, 6.45) is 2.73. The molecule has 1 fully saturated rings. The standard InChI is InChI=1S/C12H17N3O2S/c1-9-8-18-12(13-9)14-11(17)6-15-4-2-10(7-16)3-5-15/h7-8,10H,2-6H2,1H3,(H,13,14,17). The molecule has 98 valence electrons. The second-order valence-electron chi connectivity index (χ2n) is 4.59. The molecule has 1 amide bonds. The van der Waals surface area contributed by atoms with E-state index in [-0.39, 0.29) is 11.8 Å². The first-order valence-corrected chi connectivity index (χ1v) is 6.95. The Morgan fingerprint density at radius 1 is 1.61 bits per heavy atom. The number of carbonyl (C=O) groups is 2. The molecule has 1 N–H and O–H groups in total. The molecule has 1 saturated heterocycles. The summed E-state index contributed by atoms with van der Waals surface area (Å²) in [4.78, 5) is 28.7. The third-order valence-corrected chi connectivity index (χ3v) is 3.93. The molecule has 0 spiro atoms. The molecular formula is C12H17N3O2S. The summed E-state index contributed by atoms with van der Waals surface area (Å²) in [7, 11) is 0. The van der Waals surface area contributed by atoms with Gasteiger partial charge in [-0.3, -0.25) is 9.69 Å². The van der Waals surface area contributed by atoms with E-state index in [1.54, 1.807) is 0 Å². The number of carbonyl (C=O) groups excluding carboxylic acids is 2. The second kappa shape index (κ2) is 6.06. The fraction of sp³-hybridized carbons (Fsp3) is 0.583. The summed E-state index contributed by atoms with van der Waals surface area (Å²) in [6, 6.07) is 0. The summed E-state index contributed by atoms with van der Waals surface area (Å²) in [5.74, 6) is 0.139. The molecule has 0 saturated carbocycles. The van der Waals surface area contributed by atoms with Crippen LogP contribution in [0.15, 0.2) is 5.38 Å². The number of aromatic nitrogens is 1. The topological polar surface area (TPSA) is 62.3 Å². The Morgan fingerprint density at radius 3 is 2.89 bits per heavy atom. The van der Waals surface area contributed by atoms with Crippen molar-refractivity contribution in [2.24, 2.45) is 5.92 Å². The van der Waals surface area contributed by atoms with E-state index < -0.39 is 0 Å². The number of aryl methyl sites for hydroxylation is 1. The van der Waals surface area contributed by atoms with Crippen molar-refractivity contribution in [3.63, 3.8) is 0 Å². The number of amides is 1. The molecule has 5 nitrogen and oxygen atoms in total. The number of anilines is 1. The number of nitrogens with one attached hydrogen (secondary N) is 1. The molecule has 1 aliphatic rings. The van der Waals surface area contributed by atoms with Crippen LogP contribution in [-0.4, -0.2) is 41.7 Å². The predicted octanol–water partition coefficient (Wildman–Crippen LogP) is 1.30. The summed E-state index contributed by atoms with van der Waals surface area (Å²) in [5, 5.41) is 5.35. The van der Waals surface area contributed by atoms with Gasteiger partial charge in [0.2, 0.25) is 5.91 Å². The zero-order chi connectivity index (χ0) is 13.0. The third kappa shape index (κ3) is 3.61. The fourth-order valence-electron chi connectivity index (χ4n) is 2.02. The first-order chi connectivity index (χ1) is 8.67. The van der Waals surface area contributed by atoms with Gasteiger partial charge >= 0.3 is 0 Å². The Morgan fingerprint density at radius 2 is 2.33 bits per heavy atom. The van der Waals surface area contributed by atoms with Crippen molar-refractivity contribution in [2.45, 2.75) is 19.8 Å². The SMILES string of the molecule is Cc1csc(NC(=O)CN2CCC(C=O)CC2)n1. The van der Waals surface area contributed by atoms with Gasteiger partial charge in [-0.15, -0.1) is 11.3 Å². The van der Waals surface area contributed by atoms with Crippen LogP contribution < -0.4 is 5.32 Å². The van der Waals surface area contributed by atoms with E-state index in [9.17, 15) is 9.59 Å². The quantitative estimate of drug-likeness (QED) is 0.835. The van der Waals surface area contributed by atoms with Crippen LogP contribution in [0, 0.1) is 12.8 Å². The van der Waals surface area contributed by atoms with Crippen LogP contribution in [0.4, 0.5) is 5.13 Å². The molecule has 18 heavy (non-hydrogen) atoms. The largest absolute Gasteiger partial charge is 0.303 e. The van der Waals surface area contributed by atoms with Gasteiger partial charge in [0.25, 0.3) is 0 Å². The first-order valence-electron chi connectivity index (χ1n) is 6.07. The number of aldehydes is 1. The van der Waals surface area contributed by atoms with E-state index in [2.05, 4.69) is 15.2 Å². The van der Waals surface area contributed by atoms with Crippen molar-refractivity contribution in [2.75, 3.05) is 25.0 Å². The normalized spacial score (nSPS) is 17.6. The summed E-state index contributed by atoms with van der Waals surface area (Å²) in [6.45, 7) is 3.90. The van der Waals surface area contributed by atoms with Crippen LogP contribution in [0.25, 0.3) is 0 Å². The predicted molar refractivity (Wildman–Crippen MR) is 70.7 cm³/mol. The van der Waals surface area contributed by atoms with Crippen LogP contribution in [0.1, 0.15) is 18.5 Å². The monoisotopic (exact) mass is 267 g/mol. The smallest absolute Gasteiger partial charge is 0.240 e. The van der Waals surface area contributed by atoms with Crippen molar-refractivity contribution in [1.82, 2.24) is 9.88 Å². The lowest BCUT2D eigenvalue weighted by atomic mass is 9.99. The van der Waals surface area contributed by atoms with Crippen molar-refractivity contribution in [3.05, 3.63) is 11.1 Å². The number of hydrogen-bond donors (Lipinski definition) is 1. The molecule has 0 aromatic carbocycles. The van der Waals surface area contributed by atoms with Gasteiger partial charge in [0, 0.05) is 11.3 Å². The van der Waals surface area contributed by atoms with E-state index in [1.807, 2.05) is 12.3 Å². The second-order valence-corrected chi connectivity index (χ2v) is 5.45. The Kier molecular flexibility index (Phi) is 4.43. The molecule has 1 aromatic heterocycles. The van der Waals surface area contributed by atoms with E-state index in [1.165, 1.54) is 11.3 Å². The molecule has 0 unspecified atom stereocenters. The number of rotatable bonds is 4. The van der Waals surface area contributed by atoms with E-state index in [0.717, 1.165) is 37.9 Å². The fourth-order valence-corrected chi connectivity index (χ4v) is 2.72. The summed E-state index contributed by atoms with van der Waals surface area (Å²) < 4.78 is 0. The van der Waals surface area contributed by atoms with E-state index >= 15 is 0 Å². The van der Waals surface area contributed by atoms with Gasteiger partial charge in [0.15, 0.2) is 5.13 Å². The molecule has 0 radical (unpaired) electrons. The Balaban J connectivity index is 1.76. The highest BCUT2D eigenvalue weighted by atomic mass is 32.1. The molecule has 0 bridgehead atoms. The molecule has 0 aliphatic carbocycles. The van der Waals surface area contributed by atoms with Crippen LogP contribution in [0.2, 0.25) is 0 Å². The molecule has 0 atom stereocenters. The zero-order valence-corrected chi connectivity index (χ0v) is 11.2. The average Bonchev–Trinajstić information content (AvgIpc) is 2.75. The van der Waals surface area contributed by atoms with Crippen molar-refractivity contribution in [1.29, 1.82) is 0 Å². The van der Waals surface area contributed by atoms with Crippen molar-refractivity contribution in [3.8, 4) is 0 Å². The molecule has 2 rings (SSSR count). The minimum absolute atomic E-state index is 0.0334. The van der Waals surface area contributed by atoms with E-state index in [0.29, 0.717) is 11.7 Å². The highest BCUT2D eigenvalue weighted by Gasteiger charge is 2.20. The molecule has 1 aliphatic heterocycles. The van der Waals surface area contributed by atoms with Gasteiger partial charge in [0.05, 0.1) is 12.2 Å². The highest BCUT2D eigenvalue weighted by molar-refractivity contribution is 7.13. The summed E-state index contributed by atoms with van der Waals surface area (Å²) in [5.41, 5.74) is 0.919. The minimum Gasteiger partial charge on any atom is -0.303 e. The van der Waals surface area contributed by atoms with Crippen LogP contribution >= 0.6 is 11.3 Å². The Labute approximate surface area is 110 Å². The van der Waals surface area contributed by atoms with Crippen molar-refractivity contribution >= 4 is 28.7 Å². The number of hydrogen-bond acceptors (Lipinski definition) is 5. The van der Waals surface area contributed by atoms with Crippen LogP contribution in [0.3, 0.4) is 0 Å². The van der Waals surface area contributed by atoms with Crippen molar-refractivity contribution < 1.29 is 9.59 Å². The number of nitrogens with zero attached hydrogens (tertiary/aromatic N) is 2. The Hall–Kier alpha value is -1.27. The maximum Gasteiger partial charge on any atom is 0.240 e. The van der Waals surface area contributed by atoms with Gasteiger partial charge in [-0.25, -0.2) is 4.98 Å². The minimum atomic E-state index is -0.0334. The van der Waals surface area contributed by atoms with Crippen LogP contribution in [-0.2, 0) is 9.59 Å². The molecular weight excluding hydrogens is 250 g/mol. The van der Waals surface area contributed by atoms with Gasteiger partial charge in [-0.1, -0.05) is 0 Å². The van der Waals surface area contributed by atoms with Gasteiger partial charge in [-0.05, 0) is 32.9 Å². The average molecular weight is 267 g/mol. The van der Waals surface area contributed by atoms with Crippen LogP contribution in [0.5, 0.6) is 0 Å². The first kappa shape index (κ1) is 13.2. The number of thiazole rings is 1. The highest BCUT2D eigenvalue weighted by Crippen LogP contribution is 2.16. The Bertz CT molecular complexity index is 425. The van der Waals surface area contributed by atoms with Gasteiger partial charge < -0.3 is 10.1 Å². The van der Waals surface area contributed by atoms with Gasteiger partial charge in [-0.2, -0.15) is 0 Å². The number of likely N-dealkylation sites (tertiary alicyclic amines) is 1. The number of piperidine rings is 1. The molecule has 1 aromatic rings. The molecule has 2 heterocycles. The lowest BCUT2D eigenvalue weighted by Crippen LogP contribution is -2.39. The van der Waals surface area contributed by atoms with Gasteiger partial charge in [0.1, 0.15) is 6.29 Å². The maximum absolute atomic E-state index is 11.8. The lowest BCUT2D eigenvalue weighted by molar-refractivity contribution is -0.117. The molecule has 6 heteroatoms. The van der Waals surface area contributed by atoms with E-state index in [4.69, 9.17) is 0 Å². The lowest BCUT2D eigenvalue weighted by Gasteiger charge is -2.28. The maximum atomic E-state index is 11.8. The third-order valence-electron chi connectivity index (χ3n) is 3.06. The zero-order valence-electron chi connectivity index (χ0n) is 10.4.